The van der Waals surface area contributed by atoms with E-state index in [1.165, 1.54) is 11.1 Å². The van der Waals surface area contributed by atoms with Crippen LogP contribution in [-0.4, -0.2) is 18.2 Å². The molecule has 1 N–H and O–H groups in total. The van der Waals surface area contributed by atoms with Crippen molar-refractivity contribution in [3.8, 4) is 11.5 Å². The highest BCUT2D eigenvalue weighted by Crippen LogP contribution is 2.31. The molecule has 0 radical (unpaired) electrons. The highest BCUT2D eigenvalue weighted by molar-refractivity contribution is 6.31. The van der Waals surface area contributed by atoms with Crippen molar-refractivity contribution < 1.29 is 9.47 Å². The molecule has 120 valence electrons. The van der Waals surface area contributed by atoms with Crippen LogP contribution in [0.15, 0.2) is 42.6 Å². The maximum Gasteiger partial charge on any atom is 0.161 e. The van der Waals surface area contributed by atoms with E-state index < -0.39 is 0 Å². The molecule has 3 rings (SSSR count). The van der Waals surface area contributed by atoms with Gasteiger partial charge in [0, 0.05) is 22.1 Å². The third kappa shape index (κ3) is 3.45. The summed E-state index contributed by atoms with van der Waals surface area (Å²) in [5.41, 5.74) is 3.49. The molecule has 0 aliphatic heterocycles. The fourth-order valence-electron chi connectivity index (χ4n) is 2.72. The van der Waals surface area contributed by atoms with Crippen LogP contribution in [0.5, 0.6) is 11.5 Å². The van der Waals surface area contributed by atoms with Gasteiger partial charge in [-0.15, -0.1) is 0 Å². The van der Waals surface area contributed by atoms with Gasteiger partial charge in [0.1, 0.15) is 0 Å². The fraction of sp³-hybridized carbons (Fsp3) is 0.263. The molecule has 0 bridgehead atoms. The van der Waals surface area contributed by atoms with Crippen molar-refractivity contribution >= 4 is 22.5 Å². The highest BCUT2D eigenvalue weighted by Gasteiger charge is 2.09. The zero-order chi connectivity index (χ0) is 16.2. The van der Waals surface area contributed by atoms with Gasteiger partial charge in [0.05, 0.1) is 13.2 Å². The van der Waals surface area contributed by atoms with Crippen molar-refractivity contribution in [1.82, 2.24) is 4.98 Å². The number of ether oxygens (including phenoxy) is 2. The van der Waals surface area contributed by atoms with Crippen LogP contribution in [0.4, 0.5) is 0 Å². The second-order valence-electron chi connectivity index (χ2n) is 5.33. The number of hydrogen-bond donors (Lipinski definition) is 1. The first kappa shape index (κ1) is 15.8. The fourth-order valence-corrected chi connectivity index (χ4v) is 2.89. The van der Waals surface area contributed by atoms with E-state index in [1.54, 1.807) is 0 Å². The minimum absolute atomic E-state index is 0.617. The molecule has 0 unspecified atom stereocenters. The Hall–Kier alpha value is -2.13. The van der Waals surface area contributed by atoms with Gasteiger partial charge in [-0.05, 0) is 61.7 Å². The topological polar surface area (TPSA) is 34.2 Å². The molecule has 0 spiro atoms. The molecule has 0 fully saturated rings. The minimum Gasteiger partial charge on any atom is -0.490 e. The number of nitrogens with one attached hydrogen (secondary N) is 1. The van der Waals surface area contributed by atoms with E-state index in [2.05, 4.69) is 17.1 Å². The molecular weight excluding hydrogens is 310 g/mol. The highest BCUT2D eigenvalue weighted by atomic mass is 35.5. The number of halogens is 1. The number of benzene rings is 2. The maximum absolute atomic E-state index is 6.12. The zero-order valence-electron chi connectivity index (χ0n) is 13.4. The van der Waals surface area contributed by atoms with E-state index in [-0.39, 0.29) is 0 Å². The van der Waals surface area contributed by atoms with E-state index >= 15 is 0 Å². The van der Waals surface area contributed by atoms with Crippen LogP contribution >= 0.6 is 11.6 Å². The largest absolute Gasteiger partial charge is 0.490 e. The van der Waals surface area contributed by atoms with Crippen LogP contribution in [0.25, 0.3) is 10.9 Å². The molecule has 0 saturated carbocycles. The predicted octanol–water partition coefficient (Wildman–Crippen LogP) is 5.21. The average molecular weight is 330 g/mol. The second-order valence-corrected chi connectivity index (χ2v) is 5.76. The SMILES string of the molecule is CCOc1ccc(Cc2c[nH]c3ccc(Cl)cc23)cc1OCC. The third-order valence-electron chi connectivity index (χ3n) is 3.73. The normalized spacial score (nSPS) is 10.9. The lowest BCUT2D eigenvalue weighted by molar-refractivity contribution is 0.287. The molecule has 1 aromatic heterocycles. The maximum atomic E-state index is 6.12. The third-order valence-corrected chi connectivity index (χ3v) is 3.97. The Balaban J connectivity index is 1.92. The summed E-state index contributed by atoms with van der Waals surface area (Å²) < 4.78 is 11.3. The molecule has 3 aromatic rings. The van der Waals surface area contributed by atoms with Gasteiger partial charge in [0.2, 0.25) is 0 Å². The first-order valence-corrected chi connectivity index (χ1v) is 8.23. The molecule has 2 aromatic carbocycles. The van der Waals surface area contributed by atoms with Gasteiger partial charge in [-0.3, -0.25) is 0 Å². The van der Waals surface area contributed by atoms with Gasteiger partial charge in [-0.2, -0.15) is 0 Å². The standard InChI is InChI=1S/C19H20ClNO2/c1-3-22-18-8-5-13(10-19(18)23-4-2)9-14-12-21-17-7-6-15(20)11-16(14)17/h5-8,10-12,21H,3-4,9H2,1-2H3. The van der Waals surface area contributed by atoms with Crippen LogP contribution in [0.3, 0.4) is 0 Å². The molecule has 0 saturated heterocycles. The van der Waals surface area contributed by atoms with Crippen molar-refractivity contribution in [2.24, 2.45) is 0 Å². The Kier molecular flexibility index (Phi) is 4.77. The quantitative estimate of drug-likeness (QED) is 0.673. The summed E-state index contributed by atoms with van der Waals surface area (Å²) in [7, 11) is 0. The lowest BCUT2D eigenvalue weighted by Gasteiger charge is -2.12. The van der Waals surface area contributed by atoms with Crippen molar-refractivity contribution in [2.75, 3.05) is 13.2 Å². The Morgan fingerprint density at radius 3 is 2.52 bits per heavy atom. The van der Waals surface area contributed by atoms with E-state index in [4.69, 9.17) is 21.1 Å². The zero-order valence-corrected chi connectivity index (χ0v) is 14.1. The number of aromatic nitrogens is 1. The van der Waals surface area contributed by atoms with E-state index in [0.717, 1.165) is 33.8 Å². The Morgan fingerprint density at radius 1 is 0.957 bits per heavy atom. The van der Waals surface area contributed by atoms with Crippen LogP contribution in [0, 0.1) is 0 Å². The molecule has 3 nitrogen and oxygen atoms in total. The van der Waals surface area contributed by atoms with Crippen LogP contribution < -0.4 is 9.47 Å². The molecule has 0 amide bonds. The molecule has 23 heavy (non-hydrogen) atoms. The molecule has 0 aliphatic rings. The van der Waals surface area contributed by atoms with Gasteiger partial charge >= 0.3 is 0 Å². The van der Waals surface area contributed by atoms with Crippen LogP contribution in [0.1, 0.15) is 25.0 Å². The minimum atomic E-state index is 0.617. The Morgan fingerprint density at radius 2 is 1.74 bits per heavy atom. The van der Waals surface area contributed by atoms with Crippen LogP contribution in [-0.2, 0) is 6.42 Å². The lowest BCUT2D eigenvalue weighted by atomic mass is 10.0. The number of hydrogen-bond acceptors (Lipinski definition) is 2. The summed E-state index contributed by atoms with van der Waals surface area (Å²) in [5, 5.41) is 1.91. The molecule has 0 atom stereocenters. The van der Waals surface area contributed by atoms with Crippen molar-refractivity contribution in [3.05, 3.63) is 58.7 Å². The molecule has 4 heteroatoms. The molecular formula is C19H20ClNO2. The smallest absolute Gasteiger partial charge is 0.161 e. The molecule has 0 aliphatic carbocycles. The number of H-pyrrole nitrogens is 1. The number of aromatic amines is 1. The summed E-state index contributed by atoms with van der Waals surface area (Å²) in [6, 6.07) is 12.0. The van der Waals surface area contributed by atoms with Crippen LogP contribution in [0.2, 0.25) is 5.02 Å². The summed E-state index contributed by atoms with van der Waals surface area (Å²) in [6.45, 7) is 5.19. The number of fused-ring (bicyclic) bond motifs is 1. The van der Waals surface area contributed by atoms with Crippen molar-refractivity contribution in [1.29, 1.82) is 0 Å². The first-order chi connectivity index (χ1) is 11.2. The van der Waals surface area contributed by atoms with Gasteiger partial charge < -0.3 is 14.5 Å². The second kappa shape index (κ2) is 6.97. The van der Waals surface area contributed by atoms with E-state index in [0.29, 0.717) is 13.2 Å². The van der Waals surface area contributed by atoms with Crippen molar-refractivity contribution in [3.63, 3.8) is 0 Å². The van der Waals surface area contributed by atoms with Crippen molar-refractivity contribution in [2.45, 2.75) is 20.3 Å². The molecule has 1 heterocycles. The van der Waals surface area contributed by atoms with E-state index in [9.17, 15) is 0 Å². The Labute approximate surface area is 141 Å². The Bertz CT molecular complexity index is 810. The van der Waals surface area contributed by atoms with Gasteiger partial charge in [0.15, 0.2) is 11.5 Å². The van der Waals surface area contributed by atoms with Gasteiger partial charge in [0.25, 0.3) is 0 Å². The predicted molar refractivity (Wildman–Crippen MR) is 94.9 cm³/mol. The van der Waals surface area contributed by atoms with Gasteiger partial charge in [-0.1, -0.05) is 17.7 Å². The van der Waals surface area contributed by atoms with Gasteiger partial charge in [-0.25, -0.2) is 0 Å². The lowest BCUT2D eigenvalue weighted by Crippen LogP contribution is -1.99. The summed E-state index contributed by atoms with van der Waals surface area (Å²) >= 11 is 6.12. The number of rotatable bonds is 6. The monoisotopic (exact) mass is 329 g/mol. The average Bonchev–Trinajstić information content (AvgIpc) is 2.92. The van der Waals surface area contributed by atoms with E-state index in [1.807, 2.05) is 44.3 Å². The first-order valence-electron chi connectivity index (χ1n) is 7.85. The summed E-state index contributed by atoms with van der Waals surface area (Å²) in [4.78, 5) is 3.29. The summed E-state index contributed by atoms with van der Waals surface area (Å²) in [5.74, 6) is 1.59. The summed E-state index contributed by atoms with van der Waals surface area (Å²) in [6.07, 6.45) is 2.85.